The molecule has 1 unspecified atom stereocenters. The average molecular weight is 319 g/mol. The maximum absolute atomic E-state index is 12.1. The van der Waals surface area contributed by atoms with Gasteiger partial charge in [0.2, 0.25) is 11.8 Å². The van der Waals surface area contributed by atoms with Crippen molar-refractivity contribution in [3.63, 3.8) is 0 Å². The molecule has 1 aromatic rings. The van der Waals surface area contributed by atoms with Crippen molar-refractivity contribution in [1.29, 1.82) is 0 Å². The number of carbonyl (C=O) groups excluding carboxylic acids is 3. The summed E-state index contributed by atoms with van der Waals surface area (Å²) in [6, 6.07) is 1.63. The van der Waals surface area contributed by atoms with Gasteiger partial charge in [0.1, 0.15) is 12.3 Å². The molecule has 0 aromatic carbocycles. The van der Waals surface area contributed by atoms with E-state index in [0.29, 0.717) is 12.8 Å². The standard InChI is InChI=1S/C16H21N3O4/c1-18-10-15(21)19(16(18)22)8-3-6-14(20)17-12-4-2-5-13-11(12)7-9-23-13/h7,9,12H,2-6,8,10H2,1H3,(H,17,20). The number of nitrogens with zero attached hydrogens (tertiary/aromatic N) is 2. The molecule has 1 fully saturated rings. The minimum absolute atomic E-state index is 0.00573. The van der Waals surface area contributed by atoms with Gasteiger partial charge in [-0.25, -0.2) is 4.79 Å². The number of rotatable bonds is 5. The van der Waals surface area contributed by atoms with Crippen LogP contribution in [0.4, 0.5) is 4.79 Å². The Kier molecular flexibility index (Phi) is 4.36. The fourth-order valence-corrected chi connectivity index (χ4v) is 3.19. The lowest BCUT2D eigenvalue weighted by atomic mass is 9.93. The number of furan rings is 1. The molecule has 0 spiro atoms. The van der Waals surface area contributed by atoms with Crippen molar-refractivity contribution in [2.24, 2.45) is 0 Å². The third kappa shape index (κ3) is 3.23. The summed E-state index contributed by atoms with van der Waals surface area (Å²) in [5, 5.41) is 3.02. The monoisotopic (exact) mass is 319 g/mol. The number of likely N-dealkylation sites (N-methyl/N-ethyl adjacent to an activating group) is 1. The smallest absolute Gasteiger partial charge is 0.326 e. The molecule has 1 atom stereocenters. The highest BCUT2D eigenvalue weighted by Gasteiger charge is 2.33. The molecular formula is C16H21N3O4. The maximum Gasteiger partial charge on any atom is 0.326 e. The average Bonchev–Trinajstić information content (AvgIpc) is 3.08. The summed E-state index contributed by atoms with van der Waals surface area (Å²) < 4.78 is 5.41. The van der Waals surface area contributed by atoms with E-state index in [0.717, 1.165) is 30.6 Å². The molecule has 23 heavy (non-hydrogen) atoms. The van der Waals surface area contributed by atoms with E-state index < -0.39 is 0 Å². The van der Waals surface area contributed by atoms with Crippen LogP contribution in [-0.2, 0) is 16.0 Å². The Morgan fingerprint density at radius 2 is 2.26 bits per heavy atom. The van der Waals surface area contributed by atoms with Crippen LogP contribution >= 0.6 is 0 Å². The van der Waals surface area contributed by atoms with Gasteiger partial charge in [-0.15, -0.1) is 0 Å². The summed E-state index contributed by atoms with van der Waals surface area (Å²) in [6.45, 7) is 0.410. The molecule has 1 aliphatic heterocycles. The van der Waals surface area contributed by atoms with Gasteiger partial charge in [-0.3, -0.25) is 14.5 Å². The molecule has 124 valence electrons. The molecule has 1 aliphatic carbocycles. The first-order chi connectivity index (χ1) is 11.1. The molecule has 0 bridgehead atoms. The van der Waals surface area contributed by atoms with Crippen LogP contribution in [0.2, 0.25) is 0 Å². The molecule has 1 saturated heterocycles. The highest BCUT2D eigenvalue weighted by atomic mass is 16.3. The fraction of sp³-hybridized carbons (Fsp3) is 0.562. The zero-order valence-corrected chi connectivity index (χ0v) is 13.2. The summed E-state index contributed by atoms with van der Waals surface area (Å²) in [6.07, 6.45) is 5.25. The normalized spacial score (nSPS) is 20.8. The lowest BCUT2D eigenvalue weighted by Crippen LogP contribution is -2.34. The van der Waals surface area contributed by atoms with E-state index >= 15 is 0 Å². The van der Waals surface area contributed by atoms with E-state index in [-0.39, 0.29) is 37.0 Å². The van der Waals surface area contributed by atoms with Gasteiger partial charge < -0.3 is 14.6 Å². The van der Waals surface area contributed by atoms with Gasteiger partial charge >= 0.3 is 6.03 Å². The summed E-state index contributed by atoms with van der Waals surface area (Å²) in [5.74, 6) is 0.697. The van der Waals surface area contributed by atoms with Crippen molar-refractivity contribution in [2.75, 3.05) is 20.1 Å². The van der Waals surface area contributed by atoms with Gasteiger partial charge in [0.05, 0.1) is 12.3 Å². The summed E-state index contributed by atoms with van der Waals surface area (Å²) in [7, 11) is 1.60. The Bertz CT molecular complexity index is 625. The number of hydrogen-bond acceptors (Lipinski definition) is 4. The Balaban J connectivity index is 1.46. The first-order valence-electron chi connectivity index (χ1n) is 7.97. The quantitative estimate of drug-likeness (QED) is 0.833. The molecule has 1 N–H and O–H groups in total. The number of fused-ring (bicyclic) bond motifs is 1. The third-order valence-electron chi connectivity index (χ3n) is 4.40. The van der Waals surface area contributed by atoms with Crippen molar-refractivity contribution in [2.45, 2.75) is 38.1 Å². The van der Waals surface area contributed by atoms with Crippen LogP contribution in [0.15, 0.2) is 16.7 Å². The van der Waals surface area contributed by atoms with Crippen LogP contribution in [0.3, 0.4) is 0 Å². The molecule has 7 nitrogen and oxygen atoms in total. The van der Waals surface area contributed by atoms with Gasteiger partial charge in [0.25, 0.3) is 0 Å². The van der Waals surface area contributed by atoms with Crippen LogP contribution in [0.25, 0.3) is 0 Å². The first kappa shape index (κ1) is 15.6. The van der Waals surface area contributed by atoms with Crippen LogP contribution in [0.5, 0.6) is 0 Å². The lowest BCUT2D eigenvalue weighted by molar-refractivity contribution is -0.126. The molecule has 0 saturated carbocycles. The van der Waals surface area contributed by atoms with Crippen LogP contribution < -0.4 is 5.32 Å². The molecular weight excluding hydrogens is 298 g/mol. The van der Waals surface area contributed by atoms with Crippen LogP contribution in [0.1, 0.15) is 43.0 Å². The van der Waals surface area contributed by atoms with E-state index in [1.807, 2.05) is 6.07 Å². The second-order valence-corrected chi connectivity index (χ2v) is 6.10. The molecule has 0 radical (unpaired) electrons. The minimum atomic E-state index is -0.286. The zero-order chi connectivity index (χ0) is 16.4. The van der Waals surface area contributed by atoms with Crippen LogP contribution in [0, 0.1) is 0 Å². The zero-order valence-electron chi connectivity index (χ0n) is 13.2. The maximum atomic E-state index is 12.1. The van der Waals surface area contributed by atoms with Gasteiger partial charge in [-0.2, -0.15) is 0 Å². The molecule has 3 rings (SSSR count). The van der Waals surface area contributed by atoms with Gasteiger partial charge in [0.15, 0.2) is 0 Å². The van der Waals surface area contributed by atoms with Crippen molar-refractivity contribution >= 4 is 17.8 Å². The Morgan fingerprint density at radius 3 is 3.00 bits per heavy atom. The predicted octanol–water partition coefficient (Wildman–Crippen LogP) is 1.45. The molecule has 2 aliphatic rings. The Hall–Kier alpha value is -2.31. The Morgan fingerprint density at radius 1 is 1.43 bits per heavy atom. The summed E-state index contributed by atoms with van der Waals surface area (Å²) in [4.78, 5) is 38.1. The minimum Gasteiger partial charge on any atom is -0.469 e. The van der Waals surface area contributed by atoms with Crippen molar-refractivity contribution in [1.82, 2.24) is 15.1 Å². The molecule has 2 heterocycles. The molecule has 4 amide bonds. The van der Waals surface area contributed by atoms with E-state index in [9.17, 15) is 14.4 Å². The molecule has 1 aromatic heterocycles. The summed E-state index contributed by atoms with van der Waals surface area (Å²) in [5.41, 5.74) is 1.07. The highest BCUT2D eigenvalue weighted by Crippen LogP contribution is 2.30. The second kappa shape index (κ2) is 6.44. The van der Waals surface area contributed by atoms with E-state index in [1.165, 1.54) is 9.80 Å². The SMILES string of the molecule is CN1CC(=O)N(CCCC(=O)NC2CCCc3occc32)C1=O. The number of imide groups is 1. The van der Waals surface area contributed by atoms with Gasteiger partial charge in [-0.05, 0) is 25.3 Å². The highest BCUT2D eigenvalue weighted by molar-refractivity contribution is 6.01. The van der Waals surface area contributed by atoms with Crippen molar-refractivity contribution in [3.8, 4) is 0 Å². The number of amides is 4. The van der Waals surface area contributed by atoms with E-state index in [2.05, 4.69) is 5.32 Å². The van der Waals surface area contributed by atoms with E-state index in [4.69, 9.17) is 4.42 Å². The number of urea groups is 1. The third-order valence-corrected chi connectivity index (χ3v) is 4.40. The van der Waals surface area contributed by atoms with Gasteiger partial charge in [-0.1, -0.05) is 0 Å². The first-order valence-corrected chi connectivity index (χ1v) is 7.97. The number of nitrogens with one attached hydrogen (secondary N) is 1. The molecule has 7 heteroatoms. The lowest BCUT2D eigenvalue weighted by Gasteiger charge is -2.23. The summed E-state index contributed by atoms with van der Waals surface area (Å²) >= 11 is 0. The van der Waals surface area contributed by atoms with Gasteiger partial charge in [0, 0.05) is 32.0 Å². The number of hydrogen-bond donors (Lipinski definition) is 1. The van der Waals surface area contributed by atoms with Crippen LogP contribution in [-0.4, -0.2) is 47.8 Å². The predicted molar refractivity (Wildman–Crippen MR) is 81.5 cm³/mol. The second-order valence-electron chi connectivity index (χ2n) is 6.10. The number of carbonyl (C=O) groups is 3. The van der Waals surface area contributed by atoms with Crippen molar-refractivity contribution < 1.29 is 18.8 Å². The van der Waals surface area contributed by atoms with E-state index in [1.54, 1.807) is 13.3 Å². The largest absolute Gasteiger partial charge is 0.469 e. The number of aryl methyl sites for hydroxylation is 1. The fourth-order valence-electron chi connectivity index (χ4n) is 3.19. The van der Waals surface area contributed by atoms with Crippen molar-refractivity contribution in [3.05, 3.63) is 23.7 Å². The Labute approximate surface area is 134 Å². The topological polar surface area (TPSA) is 82.9 Å².